The molecular weight excluding hydrogens is 471 g/mol. The van der Waals surface area contributed by atoms with Gasteiger partial charge in [-0.2, -0.15) is 13.2 Å². The molecule has 1 heterocycles. The van der Waals surface area contributed by atoms with Crippen LogP contribution in [0.2, 0.25) is 0 Å². The number of fused-ring (bicyclic) bond motifs is 1. The molecule has 3 aromatic carbocycles. The van der Waals surface area contributed by atoms with Crippen molar-refractivity contribution < 1.29 is 27.6 Å². The highest BCUT2D eigenvalue weighted by molar-refractivity contribution is 6.12. The van der Waals surface area contributed by atoms with Crippen LogP contribution in [0.25, 0.3) is 22.2 Å². The molecule has 0 saturated heterocycles. The number of rotatable bonds is 6. The lowest BCUT2D eigenvalue weighted by atomic mass is 10.0. The van der Waals surface area contributed by atoms with E-state index < -0.39 is 29.5 Å². The van der Waals surface area contributed by atoms with Crippen molar-refractivity contribution in [3.05, 3.63) is 96.1 Å². The van der Waals surface area contributed by atoms with E-state index in [9.17, 15) is 27.6 Å². The van der Waals surface area contributed by atoms with Crippen LogP contribution in [0.3, 0.4) is 0 Å². The first-order chi connectivity index (χ1) is 17.2. The van der Waals surface area contributed by atoms with Gasteiger partial charge in [-0.05, 0) is 36.4 Å². The second-order valence-corrected chi connectivity index (χ2v) is 7.94. The second-order valence-electron chi connectivity index (χ2n) is 7.94. The fourth-order valence-corrected chi connectivity index (χ4v) is 3.57. The summed E-state index contributed by atoms with van der Waals surface area (Å²) in [6.45, 7) is 0. The minimum absolute atomic E-state index is 0.168. The van der Waals surface area contributed by atoms with Crippen molar-refractivity contribution in [1.82, 2.24) is 10.3 Å². The number of imide groups is 1. The van der Waals surface area contributed by atoms with Gasteiger partial charge in [0.05, 0.1) is 22.3 Å². The maximum atomic E-state index is 12.9. The lowest BCUT2D eigenvalue weighted by Crippen LogP contribution is -2.31. The fraction of sp³-hybridized carbons (Fsp3) is 0.111. The molecule has 182 valence electrons. The minimum Gasteiger partial charge on any atom is -0.326 e. The average Bonchev–Trinajstić information content (AvgIpc) is 2.87. The molecule has 0 radical (unpaired) electrons. The third-order valence-corrected chi connectivity index (χ3v) is 5.36. The first-order valence-electron chi connectivity index (χ1n) is 11.0. The van der Waals surface area contributed by atoms with Crippen LogP contribution in [0.15, 0.2) is 84.9 Å². The molecular formula is C27H20F3N3O3. The molecule has 0 spiro atoms. The van der Waals surface area contributed by atoms with Crippen LogP contribution in [0.5, 0.6) is 0 Å². The summed E-state index contributed by atoms with van der Waals surface area (Å²) in [4.78, 5) is 42.1. The number of benzene rings is 3. The molecule has 4 aromatic rings. The summed E-state index contributed by atoms with van der Waals surface area (Å²) in [5.74, 6) is -1.86. The highest BCUT2D eigenvalue weighted by Crippen LogP contribution is 2.30. The normalized spacial score (nSPS) is 11.2. The van der Waals surface area contributed by atoms with Gasteiger partial charge in [-0.25, -0.2) is 4.98 Å². The molecule has 3 amide bonds. The summed E-state index contributed by atoms with van der Waals surface area (Å²) < 4.78 is 38.0. The summed E-state index contributed by atoms with van der Waals surface area (Å²) >= 11 is 0. The van der Waals surface area contributed by atoms with Crippen LogP contribution in [-0.2, 0) is 15.8 Å². The molecule has 0 aliphatic rings. The Balaban J connectivity index is 1.40. The van der Waals surface area contributed by atoms with Gasteiger partial charge in [0.25, 0.3) is 5.91 Å². The number of nitrogens with zero attached hydrogens (tertiary/aromatic N) is 1. The fourth-order valence-electron chi connectivity index (χ4n) is 3.57. The Bertz CT molecular complexity index is 1420. The smallest absolute Gasteiger partial charge is 0.326 e. The van der Waals surface area contributed by atoms with E-state index in [4.69, 9.17) is 0 Å². The molecule has 0 aliphatic heterocycles. The van der Waals surface area contributed by atoms with Crippen LogP contribution < -0.4 is 10.6 Å². The molecule has 1 aromatic heterocycles. The highest BCUT2D eigenvalue weighted by atomic mass is 19.4. The van der Waals surface area contributed by atoms with E-state index in [1.54, 1.807) is 30.3 Å². The number of pyridine rings is 1. The van der Waals surface area contributed by atoms with Crippen LogP contribution in [0, 0.1) is 0 Å². The number of amides is 3. The quantitative estimate of drug-likeness (QED) is 0.368. The van der Waals surface area contributed by atoms with E-state index >= 15 is 0 Å². The standard InChI is InChI=1S/C27H20F3N3O3/c28-27(29,30)18-10-12-19(13-11-18)31-24(34)14-15-25(35)33-26(36)21-16-23(17-6-2-1-3-7-17)32-22-9-5-4-8-20(21)22/h1-13,16H,14-15H2,(H,31,34)(H,33,35,36). The molecule has 0 fully saturated rings. The molecule has 0 aliphatic carbocycles. The zero-order chi connectivity index (χ0) is 25.7. The number of para-hydroxylation sites is 1. The maximum Gasteiger partial charge on any atom is 0.416 e. The number of alkyl halides is 3. The SMILES string of the molecule is O=C(CCC(=O)Nc1ccc(C(F)(F)F)cc1)NC(=O)c1cc(-c2ccccc2)nc2ccccc12. The summed E-state index contributed by atoms with van der Waals surface area (Å²) in [6, 6.07) is 21.9. The van der Waals surface area contributed by atoms with E-state index in [2.05, 4.69) is 15.6 Å². The number of anilines is 1. The molecule has 0 saturated carbocycles. The number of halogens is 3. The van der Waals surface area contributed by atoms with Gasteiger partial charge in [-0.15, -0.1) is 0 Å². The van der Waals surface area contributed by atoms with Gasteiger partial charge < -0.3 is 5.32 Å². The van der Waals surface area contributed by atoms with Crippen LogP contribution in [0.4, 0.5) is 18.9 Å². The predicted molar refractivity (Wildman–Crippen MR) is 129 cm³/mol. The zero-order valence-electron chi connectivity index (χ0n) is 18.8. The third kappa shape index (κ3) is 5.93. The molecule has 0 bridgehead atoms. The number of nitrogens with one attached hydrogen (secondary N) is 2. The van der Waals surface area contributed by atoms with E-state index in [-0.39, 0.29) is 24.1 Å². The van der Waals surface area contributed by atoms with Gasteiger partial charge in [-0.3, -0.25) is 19.7 Å². The number of aromatic nitrogens is 1. The first kappa shape index (κ1) is 24.6. The Morgan fingerprint density at radius 1 is 0.778 bits per heavy atom. The van der Waals surface area contributed by atoms with Gasteiger partial charge in [0.1, 0.15) is 0 Å². The number of carbonyl (C=O) groups is 3. The van der Waals surface area contributed by atoms with Crippen LogP contribution in [0.1, 0.15) is 28.8 Å². The Labute approximate surface area is 204 Å². The highest BCUT2D eigenvalue weighted by Gasteiger charge is 2.30. The second kappa shape index (κ2) is 10.4. The monoisotopic (exact) mass is 491 g/mol. The lowest BCUT2D eigenvalue weighted by Gasteiger charge is -2.11. The van der Waals surface area contributed by atoms with Gasteiger partial charge in [0.2, 0.25) is 11.8 Å². The van der Waals surface area contributed by atoms with Gasteiger partial charge in [0, 0.05) is 29.5 Å². The van der Waals surface area contributed by atoms with Crippen molar-refractivity contribution in [3.63, 3.8) is 0 Å². The molecule has 4 rings (SSSR count). The zero-order valence-corrected chi connectivity index (χ0v) is 18.8. The van der Waals surface area contributed by atoms with Crippen molar-refractivity contribution in [2.75, 3.05) is 5.32 Å². The molecule has 36 heavy (non-hydrogen) atoms. The van der Waals surface area contributed by atoms with E-state index in [1.807, 2.05) is 30.3 Å². The molecule has 0 unspecified atom stereocenters. The van der Waals surface area contributed by atoms with Crippen LogP contribution >= 0.6 is 0 Å². The van der Waals surface area contributed by atoms with Crippen molar-refractivity contribution in [1.29, 1.82) is 0 Å². The average molecular weight is 491 g/mol. The van der Waals surface area contributed by atoms with E-state index in [0.29, 0.717) is 16.6 Å². The predicted octanol–water partition coefficient (Wildman–Crippen LogP) is 5.60. The molecule has 2 N–H and O–H groups in total. The Hall–Kier alpha value is -4.53. The van der Waals surface area contributed by atoms with Gasteiger partial charge >= 0.3 is 6.18 Å². The van der Waals surface area contributed by atoms with E-state index in [0.717, 1.165) is 29.8 Å². The largest absolute Gasteiger partial charge is 0.416 e. The van der Waals surface area contributed by atoms with Crippen LogP contribution in [-0.4, -0.2) is 22.7 Å². The number of hydrogen-bond donors (Lipinski definition) is 2. The number of carbonyl (C=O) groups excluding carboxylic acids is 3. The first-order valence-corrected chi connectivity index (χ1v) is 11.0. The summed E-state index contributed by atoms with van der Waals surface area (Å²) in [5.41, 5.74) is 1.57. The molecule has 0 atom stereocenters. The molecule has 9 heteroatoms. The lowest BCUT2D eigenvalue weighted by molar-refractivity contribution is -0.137. The Morgan fingerprint density at radius 2 is 1.42 bits per heavy atom. The van der Waals surface area contributed by atoms with Gasteiger partial charge in [-0.1, -0.05) is 48.5 Å². The topological polar surface area (TPSA) is 88.2 Å². The minimum atomic E-state index is -4.48. The van der Waals surface area contributed by atoms with Gasteiger partial charge in [0.15, 0.2) is 0 Å². The summed E-state index contributed by atoms with van der Waals surface area (Å²) in [7, 11) is 0. The Morgan fingerprint density at radius 3 is 2.11 bits per heavy atom. The maximum absolute atomic E-state index is 12.9. The molecule has 6 nitrogen and oxygen atoms in total. The number of hydrogen-bond acceptors (Lipinski definition) is 4. The van der Waals surface area contributed by atoms with Crippen molar-refractivity contribution in [2.45, 2.75) is 19.0 Å². The Kier molecular flexibility index (Phi) is 7.10. The van der Waals surface area contributed by atoms with Crippen molar-refractivity contribution in [2.24, 2.45) is 0 Å². The summed E-state index contributed by atoms with van der Waals surface area (Å²) in [5, 5.41) is 5.30. The third-order valence-electron chi connectivity index (χ3n) is 5.36. The summed E-state index contributed by atoms with van der Waals surface area (Å²) in [6.07, 6.45) is -5.02. The van der Waals surface area contributed by atoms with Crippen molar-refractivity contribution >= 4 is 34.3 Å². The van der Waals surface area contributed by atoms with E-state index in [1.165, 1.54) is 0 Å². The van der Waals surface area contributed by atoms with Crippen molar-refractivity contribution in [3.8, 4) is 11.3 Å².